The second-order valence-corrected chi connectivity index (χ2v) is 3.28. The fraction of sp³-hybridized carbons (Fsp3) is 0.273. The van der Waals surface area contributed by atoms with Crippen LogP contribution in [-0.4, -0.2) is 21.4 Å². The van der Waals surface area contributed by atoms with Gasteiger partial charge in [-0.1, -0.05) is 6.07 Å². The van der Waals surface area contributed by atoms with Crippen LogP contribution in [0.3, 0.4) is 0 Å². The minimum absolute atomic E-state index is 0.0706. The monoisotopic (exact) mass is 191 g/mol. The molecule has 0 radical (unpaired) electrons. The lowest BCUT2D eigenvalue weighted by atomic mass is 10.2. The Morgan fingerprint density at radius 2 is 2.00 bits per heavy atom. The second kappa shape index (κ2) is 3.82. The maximum absolute atomic E-state index is 8.96. The molecule has 3 heteroatoms. The van der Waals surface area contributed by atoms with E-state index in [1.807, 2.05) is 35.0 Å². The van der Waals surface area contributed by atoms with Crippen LogP contribution < -0.4 is 0 Å². The molecule has 0 saturated carbocycles. The molecule has 0 aliphatic carbocycles. The topological polar surface area (TPSA) is 45.4 Å². The van der Waals surface area contributed by atoms with Crippen molar-refractivity contribution in [3.05, 3.63) is 36.0 Å². The van der Waals surface area contributed by atoms with Gasteiger partial charge in [-0.15, -0.1) is 0 Å². The summed E-state index contributed by atoms with van der Waals surface area (Å²) in [5.74, 6) is 0. The summed E-state index contributed by atoms with van der Waals surface area (Å²) >= 11 is 0. The van der Waals surface area contributed by atoms with E-state index < -0.39 is 0 Å². The van der Waals surface area contributed by atoms with E-state index in [1.165, 1.54) is 0 Å². The maximum atomic E-state index is 8.96. The Labute approximate surface area is 82.2 Å². The molecule has 2 N–H and O–H groups in total. The van der Waals surface area contributed by atoms with Crippen molar-refractivity contribution in [2.24, 2.45) is 0 Å². The summed E-state index contributed by atoms with van der Waals surface area (Å²) < 4.78 is 2.00. The van der Waals surface area contributed by atoms with E-state index in [9.17, 15) is 0 Å². The molecule has 2 rings (SSSR count). The zero-order chi connectivity index (χ0) is 9.97. The van der Waals surface area contributed by atoms with E-state index in [1.54, 1.807) is 0 Å². The van der Waals surface area contributed by atoms with Gasteiger partial charge in [0.15, 0.2) is 0 Å². The van der Waals surface area contributed by atoms with Crippen LogP contribution in [0.2, 0.25) is 0 Å². The van der Waals surface area contributed by atoms with Crippen LogP contribution in [-0.2, 0) is 13.2 Å². The summed E-state index contributed by atoms with van der Waals surface area (Å²) in [7, 11) is 0. The van der Waals surface area contributed by atoms with Crippen molar-refractivity contribution < 1.29 is 10.2 Å². The predicted octanol–water partition coefficient (Wildman–Crippen LogP) is 1.13. The number of nitrogens with zero attached hydrogens (tertiary/aromatic N) is 1. The highest BCUT2D eigenvalue weighted by Crippen LogP contribution is 2.17. The van der Waals surface area contributed by atoms with Crippen molar-refractivity contribution in [3.63, 3.8) is 0 Å². The van der Waals surface area contributed by atoms with Crippen molar-refractivity contribution in [2.75, 3.05) is 6.61 Å². The molecule has 0 bridgehead atoms. The fourth-order valence-electron chi connectivity index (χ4n) is 1.65. The first-order chi connectivity index (χ1) is 6.85. The number of aliphatic hydroxyl groups excluding tert-OH is 2. The molecule has 0 spiro atoms. The van der Waals surface area contributed by atoms with Crippen LogP contribution in [0.15, 0.2) is 30.5 Å². The highest BCUT2D eigenvalue weighted by molar-refractivity contribution is 5.80. The molecule has 0 aliphatic heterocycles. The largest absolute Gasteiger partial charge is 0.395 e. The Morgan fingerprint density at radius 1 is 1.14 bits per heavy atom. The molecule has 0 saturated heterocycles. The first kappa shape index (κ1) is 9.24. The maximum Gasteiger partial charge on any atom is 0.0682 e. The standard InChI is InChI=1S/C11H13NO2/c13-6-5-12-4-3-10-7-9(8-14)1-2-11(10)12/h1-4,7,13-14H,5-6,8H2. The number of aliphatic hydroxyl groups is 2. The van der Waals surface area contributed by atoms with E-state index in [4.69, 9.17) is 10.2 Å². The van der Waals surface area contributed by atoms with E-state index >= 15 is 0 Å². The van der Waals surface area contributed by atoms with Gasteiger partial charge < -0.3 is 14.8 Å². The number of rotatable bonds is 3. The molecule has 1 heterocycles. The van der Waals surface area contributed by atoms with Crippen molar-refractivity contribution in [1.82, 2.24) is 4.57 Å². The van der Waals surface area contributed by atoms with Gasteiger partial charge in [0.1, 0.15) is 0 Å². The Bertz CT molecular complexity index is 434. The molecule has 1 aromatic carbocycles. The van der Waals surface area contributed by atoms with Crippen molar-refractivity contribution >= 4 is 10.9 Å². The van der Waals surface area contributed by atoms with Gasteiger partial charge >= 0.3 is 0 Å². The minimum Gasteiger partial charge on any atom is -0.395 e. The molecule has 0 atom stereocenters. The molecule has 1 aromatic heterocycles. The van der Waals surface area contributed by atoms with Crippen molar-refractivity contribution in [1.29, 1.82) is 0 Å². The number of hydrogen-bond acceptors (Lipinski definition) is 2. The molecule has 0 unspecified atom stereocenters. The van der Waals surface area contributed by atoms with Gasteiger partial charge in [-0.05, 0) is 29.1 Å². The summed E-state index contributed by atoms with van der Waals surface area (Å²) in [4.78, 5) is 0. The lowest BCUT2D eigenvalue weighted by Crippen LogP contribution is -1.99. The summed E-state index contributed by atoms with van der Waals surface area (Å²) in [6.07, 6.45) is 1.95. The van der Waals surface area contributed by atoms with Crippen molar-refractivity contribution in [3.8, 4) is 0 Å². The zero-order valence-electron chi connectivity index (χ0n) is 7.85. The van der Waals surface area contributed by atoms with Gasteiger partial charge in [0.2, 0.25) is 0 Å². The van der Waals surface area contributed by atoms with Crippen LogP contribution in [0.4, 0.5) is 0 Å². The Kier molecular flexibility index (Phi) is 2.52. The molecule has 2 aromatic rings. The van der Waals surface area contributed by atoms with E-state index in [0.29, 0.717) is 6.54 Å². The van der Waals surface area contributed by atoms with E-state index in [-0.39, 0.29) is 13.2 Å². The first-order valence-corrected chi connectivity index (χ1v) is 4.64. The molecule has 3 nitrogen and oxygen atoms in total. The lowest BCUT2D eigenvalue weighted by molar-refractivity contribution is 0.278. The molecule has 14 heavy (non-hydrogen) atoms. The third kappa shape index (κ3) is 1.52. The van der Waals surface area contributed by atoms with Crippen LogP contribution in [0.5, 0.6) is 0 Å². The van der Waals surface area contributed by atoms with Gasteiger partial charge in [0.05, 0.1) is 13.2 Å². The number of hydrogen-bond donors (Lipinski definition) is 2. The highest BCUT2D eigenvalue weighted by atomic mass is 16.3. The van der Waals surface area contributed by atoms with Gasteiger partial charge in [-0.3, -0.25) is 0 Å². The predicted molar refractivity (Wildman–Crippen MR) is 54.9 cm³/mol. The van der Waals surface area contributed by atoms with Crippen LogP contribution in [0, 0.1) is 0 Å². The van der Waals surface area contributed by atoms with Crippen LogP contribution in [0.1, 0.15) is 5.56 Å². The average molecular weight is 191 g/mol. The van der Waals surface area contributed by atoms with Crippen molar-refractivity contribution in [2.45, 2.75) is 13.2 Å². The quantitative estimate of drug-likeness (QED) is 0.763. The fourth-order valence-corrected chi connectivity index (χ4v) is 1.65. The lowest BCUT2D eigenvalue weighted by Gasteiger charge is -2.02. The van der Waals surface area contributed by atoms with Gasteiger partial charge in [-0.2, -0.15) is 0 Å². The smallest absolute Gasteiger partial charge is 0.0682 e. The molecular weight excluding hydrogens is 178 g/mol. The minimum atomic E-state index is 0.0706. The number of aromatic nitrogens is 1. The second-order valence-electron chi connectivity index (χ2n) is 3.28. The van der Waals surface area contributed by atoms with Gasteiger partial charge in [-0.25, -0.2) is 0 Å². The molecule has 0 aliphatic rings. The molecule has 0 amide bonds. The SMILES string of the molecule is OCCn1ccc2cc(CO)ccc21. The summed E-state index contributed by atoms with van der Waals surface area (Å²) in [5, 5.41) is 18.9. The summed E-state index contributed by atoms with van der Waals surface area (Å²) in [6, 6.07) is 7.82. The Morgan fingerprint density at radius 3 is 2.71 bits per heavy atom. The summed E-state index contributed by atoms with van der Waals surface area (Å²) in [5.41, 5.74) is 2.01. The first-order valence-electron chi connectivity index (χ1n) is 4.64. The number of fused-ring (bicyclic) bond motifs is 1. The Hall–Kier alpha value is -1.32. The normalized spacial score (nSPS) is 11.0. The average Bonchev–Trinajstić information content (AvgIpc) is 2.61. The Balaban J connectivity index is 2.48. The zero-order valence-corrected chi connectivity index (χ0v) is 7.85. The molecule has 0 fully saturated rings. The molecular formula is C11H13NO2. The van der Waals surface area contributed by atoms with Crippen LogP contribution in [0.25, 0.3) is 10.9 Å². The van der Waals surface area contributed by atoms with Gasteiger partial charge in [0.25, 0.3) is 0 Å². The van der Waals surface area contributed by atoms with Gasteiger partial charge in [0, 0.05) is 18.3 Å². The molecule has 74 valence electrons. The summed E-state index contributed by atoms with van der Waals surface area (Å²) in [6.45, 7) is 0.828. The number of benzene rings is 1. The van der Waals surface area contributed by atoms with E-state index in [2.05, 4.69) is 0 Å². The van der Waals surface area contributed by atoms with Crippen LogP contribution >= 0.6 is 0 Å². The third-order valence-electron chi connectivity index (χ3n) is 2.36. The third-order valence-corrected chi connectivity index (χ3v) is 2.36. The highest BCUT2D eigenvalue weighted by Gasteiger charge is 2.00. The van der Waals surface area contributed by atoms with E-state index in [0.717, 1.165) is 16.5 Å².